The molecule has 68 valence electrons. The van der Waals surface area contributed by atoms with Crippen molar-refractivity contribution in [3.63, 3.8) is 0 Å². The number of carbonyl (C=O) groups excluding carboxylic acids is 1. The van der Waals surface area contributed by atoms with Crippen molar-refractivity contribution < 1.29 is 9.53 Å². The van der Waals surface area contributed by atoms with Crippen molar-refractivity contribution in [3.8, 4) is 0 Å². The molecule has 0 radical (unpaired) electrons. The number of hydrogen-bond acceptors (Lipinski definition) is 3. The first-order valence-electron chi connectivity index (χ1n) is 4.20. The van der Waals surface area contributed by atoms with Crippen molar-refractivity contribution in [2.75, 3.05) is 13.7 Å². The summed E-state index contributed by atoms with van der Waals surface area (Å²) < 4.78 is 4.94. The van der Waals surface area contributed by atoms with E-state index in [1.165, 1.54) is 0 Å². The van der Waals surface area contributed by atoms with Crippen LogP contribution in [0.25, 0.3) is 0 Å². The van der Waals surface area contributed by atoms with Gasteiger partial charge >= 0.3 is 5.97 Å². The monoisotopic (exact) mass is 169 g/mol. The zero-order valence-electron chi connectivity index (χ0n) is 7.59. The van der Waals surface area contributed by atoms with Gasteiger partial charge in [0.25, 0.3) is 0 Å². The molecule has 1 rings (SSSR count). The fraction of sp³-hybridized carbons (Fsp3) is 0.667. The van der Waals surface area contributed by atoms with Gasteiger partial charge in [-0.1, -0.05) is 6.08 Å². The molecule has 0 aliphatic heterocycles. The first kappa shape index (κ1) is 9.26. The van der Waals surface area contributed by atoms with E-state index >= 15 is 0 Å². The number of nitrogens with one attached hydrogen (secondary N) is 1. The molecule has 1 saturated carbocycles. The van der Waals surface area contributed by atoms with Crippen molar-refractivity contribution in [1.82, 2.24) is 5.32 Å². The second-order valence-corrected chi connectivity index (χ2v) is 2.99. The summed E-state index contributed by atoms with van der Waals surface area (Å²) in [6.45, 7) is 5.91. The Balaban J connectivity index is 2.58. The molecular weight excluding hydrogens is 154 g/mol. The summed E-state index contributed by atoms with van der Waals surface area (Å²) in [5.74, 6) is 0.0824. The molecule has 0 amide bonds. The van der Waals surface area contributed by atoms with Crippen molar-refractivity contribution >= 4 is 5.97 Å². The van der Waals surface area contributed by atoms with E-state index < -0.39 is 5.54 Å². The first-order chi connectivity index (χ1) is 5.71. The van der Waals surface area contributed by atoms with Crippen LogP contribution in [0.5, 0.6) is 0 Å². The molecule has 1 N–H and O–H groups in total. The van der Waals surface area contributed by atoms with Crippen molar-refractivity contribution in [2.45, 2.75) is 18.9 Å². The molecule has 0 aromatic heterocycles. The van der Waals surface area contributed by atoms with Gasteiger partial charge in [-0.05, 0) is 20.4 Å². The quantitative estimate of drug-likeness (QED) is 0.497. The normalized spacial score (nSPS) is 32.7. The van der Waals surface area contributed by atoms with Gasteiger partial charge in [0, 0.05) is 5.92 Å². The highest BCUT2D eigenvalue weighted by atomic mass is 16.5. The van der Waals surface area contributed by atoms with E-state index in [1.807, 2.05) is 6.92 Å². The van der Waals surface area contributed by atoms with Gasteiger partial charge < -0.3 is 10.1 Å². The molecule has 0 aromatic carbocycles. The lowest BCUT2D eigenvalue weighted by molar-refractivity contribution is -0.147. The lowest BCUT2D eigenvalue weighted by Crippen LogP contribution is -2.39. The van der Waals surface area contributed by atoms with Gasteiger partial charge in [0.2, 0.25) is 0 Å². The van der Waals surface area contributed by atoms with Gasteiger partial charge in [-0.25, -0.2) is 0 Å². The topological polar surface area (TPSA) is 38.3 Å². The maximum Gasteiger partial charge on any atom is 0.326 e. The van der Waals surface area contributed by atoms with E-state index in [1.54, 1.807) is 13.1 Å². The van der Waals surface area contributed by atoms with E-state index in [9.17, 15) is 4.79 Å². The standard InChI is InChI=1S/C9H15NO2/c1-4-7-6-9(7,10-3)8(11)12-5-2/h4,7,10H,1,5-6H2,2-3H3/t7-,9-/m1/s1. The number of ether oxygens (including phenoxy) is 1. The zero-order valence-corrected chi connectivity index (χ0v) is 7.59. The lowest BCUT2D eigenvalue weighted by Gasteiger charge is -2.13. The Kier molecular flexibility index (Phi) is 2.52. The average Bonchev–Trinajstić information content (AvgIpc) is 2.80. The van der Waals surface area contributed by atoms with Crippen LogP contribution in [0.3, 0.4) is 0 Å². The average molecular weight is 169 g/mol. The van der Waals surface area contributed by atoms with Gasteiger partial charge in [-0.2, -0.15) is 0 Å². The Morgan fingerprint density at radius 1 is 1.92 bits per heavy atom. The number of rotatable bonds is 4. The van der Waals surface area contributed by atoms with Crippen molar-refractivity contribution in [1.29, 1.82) is 0 Å². The molecule has 1 fully saturated rings. The molecular formula is C9H15NO2. The third kappa shape index (κ3) is 1.25. The molecule has 0 unspecified atom stereocenters. The number of carbonyl (C=O) groups is 1. The Morgan fingerprint density at radius 3 is 2.92 bits per heavy atom. The van der Waals surface area contributed by atoms with Crippen LogP contribution in [0.15, 0.2) is 12.7 Å². The minimum absolute atomic E-state index is 0.155. The lowest BCUT2D eigenvalue weighted by atomic mass is 10.2. The molecule has 3 heteroatoms. The van der Waals surface area contributed by atoms with Gasteiger partial charge in [0.05, 0.1) is 6.61 Å². The number of likely N-dealkylation sites (N-methyl/N-ethyl adjacent to an activating group) is 1. The van der Waals surface area contributed by atoms with Crippen LogP contribution >= 0.6 is 0 Å². The van der Waals surface area contributed by atoms with Crippen LogP contribution in [-0.2, 0) is 9.53 Å². The van der Waals surface area contributed by atoms with Crippen LogP contribution in [0, 0.1) is 5.92 Å². The summed E-state index contributed by atoms with van der Waals surface area (Å²) in [6.07, 6.45) is 2.61. The predicted octanol–water partition coefficient (Wildman–Crippen LogP) is 0.714. The second kappa shape index (κ2) is 3.27. The summed E-state index contributed by atoms with van der Waals surface area (Å²) in [5, 5.41) is 2.99. The maximum atomic E-state index is 11.4. The highest BCUT2D eigenvalue weighted by molar-refractivity contribution is 5.85. The Bertz CT molecular complexity index is 203. The SMILES string of the molecule is C=C[C@@H]1C[C@]1(NC)C(=O)OCC. The summed E-state index contributed by atoms with van der Waals surface area (Å²) in [6, 6.07) is 0. The van der Waals surface area contributed by atoms with Gasteiger partial charge in [-0.15, -0.1) is 6.58 Å². The third-order valence-electron chi connectivity index (χ3n) is 2.39. The number of hydrogen-bond donors (Lipinski definition) is 1. The van der Waals surface area contributed by atoms with E-state index in [0.717, 1.165) is 6.42 Å². The van der Waals surface area contributed by atoms with Gasteiger partial charge in [-0.3, -0.25) is 4.79 Å². The third-order valence-corrected chi connectivity index (χ3v) is 2.39. The summed E-state index contributed by atoms with van der Waals surface area (Å²) in [5.41, 5.74) is -0.461. The van der Waals surface area contributed by atoms with E-state index in [-0.39, 0.29) is 11.9 Å². The molecule has 0 heterocycles. The van der Waals surface area contributed by atoms with Crippen LogP contribution in [0.4, 0.5) is 0 Å². The molecule has 1 aliphatic carbocycles. The Morgan fingerprint density at radius 2 is 2.58 bits per heavy atom. The number of esters is 1. The van der Waals surface area contributed by atoms with E-state index in [2.05, 4.69) is 11.9 Å². The summed E-state index contributed by atoms with van der Waals surface area (Å²) >= 11 is 0. The fourth-order valence-electron chi connectivity index (χ4n) is 1.46. The second-order valence-electron chi connectivity index (χ2n) is 2.99. The van der Waals surface area contributed by atoms with Gasteiger partial charge in [0.15, 0.2) is 0 Å². The minimum Gasteiger partial charge on any atom is -0.465 e. The first-order valence-corrected chi connectivity index (χ1v) is 4.20. The largest absolute Gasteiger partial charge is 0.465 e. The molecule has 2 atom stereocenters. The highest BCUT2D eigenvalue weighted by Crippen LogP contribution is 2.44. The Hall–Kier alpha value is -0.830. The van der Waals surface area contributed by atoms with Crippen LogP contribution < -0.4 is 5.32 Å². The van der Waals surface area contributed by atoms with Crippen LogP contribution in [-0.4, -0.2) is 25.2 Å². The zero-order chi connectivity index (χ0) is 9.19. The Labute approximate surface area is 72.8 Å². The van der Waals surface area contributed by atoms with Gasteiger partial charge in [0.1, 0.15) is 5.54 Å². The molecule has 0 saturated heterocycles. The molecule has 0 bridgehead atoms. The molecule has 1 aliphatic rings. The predicted molar refractivity (Wildman–Crippen MR) is 46.7 cm³/mol. The van der Waals surface area contributed by atoms with Crippen LogP contribution in [0.1, 0.15) is 13.3 Å². The fourth-order valence-corrected chi connectivity index (χ4v) is 1.46. The minimum atomic E-state index is -0.461. The smallest absolute Gasteiger partial charge is 0.326 e. The molecule has 0 spiro atoms. The molecule has 12 heavy (non-hydrogen) atoms. The van der Waals surface area contributed by atoms with Crippen molar-refractivity contribution in [2.24, 2.45) is 5.92 Å². The summed E-state index contributed by atoms with van der Waals surface area (Å²) in [7, 11) is 1.78. The van der Waals surface area contributed by atoms with E-state index in [4.69, 9.17) is 4.74 Å². The summed E-state index contributed by atoms with van der Waals surface area (Å²) in [4.78, 5) is 11.4. The molecule has 0 aromatic rings. The maximum absolute atomic E-state index is 11.4. The van der Waals surface area contributed by atoms with Crippen LogP contribution in [0.2, 0.25) is 0 Å². The van der Waals surface area contributed by atoms with Crippen molar-refractivity contribution in [3.05, 3.63) is 12.7 Å². The highest BCUT2D eigenvalue weighted by Gasteiger charge is 2.58. The van der Waals surface area contributed by atoms with E-state index in [0.29, 0.717) is 6.61 Å². The molecule has 3 nitrogen and oxygen atoms in total.